The first kappa shape index (κ1) is 18.2. The smallest absolute Gasteiger partial charge is 0.323 e. The second kappa shape index (κ2) is 7.85. The first-order valence-electron chi connectivity index (χ1n) is 9.31. The van der Waals surface area contributed by atoms with Crippen LogP contribution in [0.2, 0.25) is 0 Å². The summed E-state index contributed by atoms with van der Waals surface area (Å²) in [4.78, 5) is 33.4. The van der Waals surface area contributed by atoms with Crippen molar-refractivity contribution in [1.82, 2.24) is 14.9 Å². The normalized spacial score (nSPS) is 15.1. The third kappa shape index (κ3) is 4.23. The van der Waals surface area contributed by atoms with Gasteiger partial charge in [-0.3, -0.25) is 9.69 Å². The first-order chi connectivity index (χ1) is 13.6. The lowest BCUT2D eigenvalue weighted by Gasteiger charge is -2.36. The Balaban J connectivity index is 1.24. The molecule has 1 aliphatic heterocycles. The van der Waals surface area contributed by atoms with Crippen LogP contribution in [0.1, 0.15) is 6.42 Å². The topological polar surface area (TPSA) is 84.2 Å². The number of H-pyrrole nitrogens is 2. The summed E-state index contributed by atoms with van der Waals surface area (Å²) in [5.41, 5.74) is 2.80. The predicted octanol–water partition coefficient (Wildman–Crippen LogP) is 2.15. The molecule has 1 fully saturated rings. The minimum Gasteiger partial charge on any atom is -0.369 e. The quantitative estimate of drug-likeness (QED) is 0.630. The van der Waals surface area contributed by atoms with Crippen molar-refractivity contribution < 1.29 is 9.18 Å². The van der Waals surface area contributed by atoms with Gasteiger partial charge in [-0.25, -0.2) is 9.18 Å². The molecule has 1 saturated heterocycles. The van der Waals surface area contributed by atoms with Gasteiger partial charge in [-0.15, -0.1) is 0 Å². The van der Waals surface area contributed by atoms with Crippen LogP contribution in [0.3, 0.4) is 0 Å². The Morgan fingerprint density at radius 1 is 1.00 bits per heavy atom. The monoisotopic (exact) mass is 383 g/mol. The molecule has 2 aromatic carbocycles. The van der Waals surface area contributed by atoms with Gasteiger partial charge in [0.15, 0.2) is 0 Å². The number of anilines is 2. The Labute approximate surface area is 161 Å². The number of carbonyl (C=O) groups is 1. The van der Waals surface area contributed by atoms with Gasteiger partial charge >= 0.3 is 5.69 Å². The number of nitrogens with one attached hydrogen (secondary N) is 3. The molecule has 0 bridgehead atoms. The number of piperazine rings is 1. The van der Waals surface area contributed by atoms with Crippen LogP contribution in [-0.4, -0.2) is 53.5 Å². The Hall–Kier alpha value is -3.13. The van der Waals surface area contributed by atoms with E-state index in [0.29, 0.717) is 29.7 Å². The summed E-state index contributed by atoms with van der Waals surface area (Å²) in [6.45, 7) is 4.12. The standard InChI is InChI=1S/C20H22FN5O2/c21-14-1-4-16(5-2-14)26-11-9-25(10-12-26)8-7-19(27)22-15-3-6-17-18(13-15)24-20(28)23-17/h1-6,13H,7-12H2,(H,22,27)(H2,23,24,28). The van der Waals surface area contributed by atoms with Crippen molar-refractivity contribution >= 4 is 28.3 Å². The van der Waals surface area contributed by atoms with Crippen LogP contribution in [0, 0.1) is 5.82 Å². The molecule has 0 saturated carbocycles. The highest BCUT2D eigenvalue weighted by atomic mass is 19.1. The van der Waals surface area contributed by atoms with Crippen LogP contribution < -0.4 is 15.9 Å². The maximum Gasteiger partial charge on any atom is 0.323 e. The highest BCUT2D eigenvalue weighted by Crippen LogP contribution is 2.17. The Kier molecular flexibility index (Phi) is 5.12. The van der Waals surface area contributed by atoms with Crippen molar-refractivity contribution in [3.63, 3.8) is 0 Å². The zero-order valence-corrected chi connectivity index (χ0v) is 15.4. The molecule has 0 radical (unpaired) electrons. The van der Waals surface area contributed by atoms with Gasteiger partial charge in [0.05, 0.1) is 11.0 Å². The van der Waals surface area contributed by atoms with E-state index < -0.39 is 0 Å². The number of aromatic nitrogens is 2. The molecule has 7 nitrogen and oxygen atoms in total. The lowest BCUT2D eigenvalue weighted by molar-refractivity contribution is -0.116. The van der Waals surface area contributed by atoms with E-state index in [1.807, 2.05) is 0 Å². The van der Waals surface area contributed by atoms with Crippen molar-refractivity contribution in [2.24, 2.45) is 0 Å². The third-order valence-electron chi connectivity index (χ3n) is 5.02. The molecule has 1 aliphatic rings. The van der Waals surface area contributed by atoms with E-state index in [0.717, 1.165) is 31.9 Å². The van der Waals surface area contributed by atoms with Crippen LogP contribution in [-0.2, 0) is 4.79 Å². The van der Waals surface area contributed by atoms with Crippen LogP contribution in [0.15, 0.2) is 47.3 Å². The molecule has 0 atom stereocenters. The Morgan fingerprint density at radius 3 is 2.46 bits per heavy atom. The number of rotatable bonds is 5. The highest BCUT2D eigenvalue weighted by Gasteiger charge is 2.18. The van der Waals surface area contributed by atoms with E-state index in [1.165, 1.54) is 12.1 Å². The largest absolute Gasteiger partial charge is 0.369 e. The van der Waals surface area contributed by atoms with E-state index >= 15 is 0 Å². The molecule has 3 N–H and O–H groups in total. The predicted molar refractivity (Wildman–Crippen MR) is 107 cm³/mol. The fourth-order valence-corrected chi connectivity index (χ4v) is 3.48. The number of carbonyl (C=O) groups excluding carboxylic acids is 1. The van der Waals surface area contributed by atoms with E-state index in [-0.39, 0.29) is 17.4 Å². The molecule has 28 heavy (non-hydrogen) atoms. The number of hydrogen-bond donors (Lipinski definition) is 3. The molecule has 3 aromatic rings. The fourth-order valence-electron chi connectivity index (χ4n) is 3.48. The van der Waals surface area contributed by atoms with E-state index in [2.05, 4.69) is 25.1 Å². The van der Waals surface area contributed by atoms with Gasteiger partial charge in [0.25, 0.3) is 0 Å². The molecule has 1 aromatic heterocycles. The van der Waals surface area contributed by atoms with Gasteiger partial charge in [0.2, 0.25) is 5.91 Å². The zero-order chi connectivity index (χ0) is 19.5. The number of fused-ring (bicyclic) bond motifs is 1. The number of imidazole rings is 1. The number of hydrogen-bond acceptors (Lipinski definition) is 4. The Bertz CT molecular complexity index is 1020. The third-order valence-corrected chi connectivity index (χ3v) is 5.02. The van der Waals surface area contributed by atoms with Gasteiger partial charge in [-0.1, -0.05) is 0 Å². The molecule has 4 rings (SSSR count). The van der Waals surface area contributed by atoms with Crippen molar-refractivity contribution in [3.05, 3.63) is 58.8 Å². The van der Waals surface area contributed by atoms with E-state index in [9.17, 15) is 14.0 Å². The molecule has 0 aliphatic carbocycles. The van der Waals surface area contributed by atoms with Crippen LogP contribution in [0.25, 0.3) is 11.0 Å². The number of nitrogens with zero attached hydrogens (tertiary/aromatic N) is 2. The number of aromatic amines is 2. The number of benzene rings is 2. The molecule has 8 heteroatoms. The lowest BCUT2D eigenvalue weighted by atomic mass is 10.2. The van der Waals surface area contributed by atoms with Gasteiger partial charge in [-0.05, 0) is 42.5 Å². The molecule has 0 unspecified atom stereocenters. The van der Waals surface area contributed by atoms with Crippen molar-refractivity contribution in [3.8, 4) is 0 Å². The maximum atomic E-state index is 13.0. The van der Waals surface area contributed by atoms with Crippen LogP contribution >= 0.6 is 0 Å². The van der Waals surface area contributed by atoms with E-state index in [1.54, 1.807) is 30.3 Å². The molecular formula is C20H22FN5O2. The van der Waals surface area contributed by atoms with E-state index in [4.69, 9.17) is 0 Å². The summed E-state index contributed by atoms with van der Waals surface area (Å²) >= 11 is 0. The Morgan fingerprint density at radius 2 is 1.71 bits per heavy atom. The van der Waals surface area contributed by atoms with Crippen molar-refractivity contribution in [1.29, 1.82) is 0 Å². The molecule has 146 valence electrons. The summed E-state index contributed by atoms with van der Waals surface area (Å²) in [5.74, 6) is -0.284. The van der Waals surface area contributed by atoms with Gasteiger partial charge in [0.1, 0.15) is 5.82 Å². The lowest BCUT2D eigenvalue weighted by Crippen LogP contribution is -2.47. The van der Waals surface area contributed by atoms with Gasteiger partial charge in [-0.2, -0.15) is 0 Å². The molecule has 0 spiro atoms. The summed E-state index contributed by atoms with van der Waals surface area (Å²) < 4.78 is 13.0. The molecule has 2 heterocycles. The summed E-state index contributed by atoms with van der Waals surface area (Å²) in [6, 6.07) is 11.8. The van der Waals surface area contributed by atoms with Gasteiger partial charge < -0.3 is 20.2 Å². The highest BCUT2D eigenvalue weighted by molar-refractivity contribution is 5.93. The van der Waals surface area contributed by atoms with Crippen molar-refractivity contribution in [2.45, 2.75) is 6.42 Å². The second-order valence-electron chi connectivity index (χ2n) is 6.94. The SMILES string of the molecule is O=C(CCN1CCN(c2ccc(F)cc2)CC1)Nc1ccc2[nH]c(=O)[nH]c2c1. The second-order valence-corrected chi connectivity index (χ2v) is 6.94. The van der Waals surface area contributed by atoms with Crippen molar-refractivity contribution in [2.75, 3.05) is 42.9 Å². The summed E-state index contributed by atoms with van der Waals surface area (Å²) in [5, 5.41) is 2.88. The molecular weight excluding hydrogens is 361 g/mol. The summed E-state index contributed by atoms with van der Waals surface area (Å²) in [7, 11) is 0. The average molecular weight is 383 g/mol. The fraction of sp³-hybridized carbons (Fsp3) is 0.300. The minimum atomic E-state index is -0.266. The van der Waals surface area contributed by atoms with Gasteiger partial charge in [0, 0.05) is 50.5 Å². The zero-order valence-electron chi connectivity index (χ0n) is 15.4. The maximum absolute atomic E-state index is 13.0. The molecule has 1 amide bonds. The number of amides is 1. The number of halogens is 1. The van der Waals surface area contributed by atoms with Crippen LogP contribution in [0.4, 0.5) is 15.8 Å². The first-order valence-corrected chi connectivity index (χ1v) is 9.31. The summed E-state index contributed by atoms with van der Waals surface area (Å²) in [6.07, 6.45) is 0.401. The average Bonchev–Trinajstić information content (AvgIpc) is 3.07. The minimum absolute atomic E-state index is 0.0572. The van der Waals surface area contributed by atoms with Crippen LogP contribution in [0.5, 0.6) is 0 Å².